The van der Waals surface area contributed by atoms with Crippen LogP contribution in [-0.4, -0.2) is 41.6 Å². The number of nitrogens with two attached hydrogens (primary N) is 1. The number of aromatic nitrogens is 1. The monoisotopic (exact) mass is 246 g/mol. The van der Waals surface area contributed by atoms with Crippen molar-refractivity contribution >= 4 is 11.4 Å². The van der Waals surface area contributed by atoms with Crippen molar-refractivity contribution in [3.05, 3.63) is 18.5 Å². The minimum atomic E-state index is 0.622. The van der Waals surface area contributed by atoms with Crippen molar-refractivity contribution in [2.75, 3.05) is 30.3 Å². The zero-order valence-corrected chi connectivity index (χ0v) is 11.0. The Hall–Kier alpha value is -1.29. The van der Waals surface area contributed by atoms with Crippen LogP contribution >= 0.6 is 0 Å². The van der Waals surface area contributed by atoms with Crippen molar-refractivity contribution in [1.82, 2.24) is 9.88 Å². The molecule has 1 aliphatic carbocycles. The Kier molecular flexibility index (Phi) is 3.12. The molecule has 2 heterocycles. The SMILES string of the molecule is CC1CN(c2ccncc2N)CCN1C1CCC1. The van der Waals surface area contributed by atoms with Crippen molar-refractivity contribution in [2.24, 2.45) is 0 Å². The van der Waals surface area contributed by atoms with E-state index in [1.54, 1.807) is 6.20 Å². The van der Waals surface area contributed by atoms with Gasteiger partial charge in [-0.15, -0.1) is 0 Å². The van der Waals surface area contributed by atoms with Crippen LogP contribution in [-0.2, 0) is 0 Å². The van der Waals surface area contributed by atoms with Gasteiger partial charge in [-0.05, 0) is 25.8 Å². The zero-order valence-electron chi connectivity index (χ0n) is 11.0. The largest absolute Gasteiger partial charge is 0.396 e. The number of nitrogens with zero attached hydrogens (tertiary/aromatic N) is 3. The molecule has 0 bridgehead atoms. The Morgan fingerprint density at radius 2 is 2.17 bits per heavy atom. The van der Waals surface area contributed by atoms with E-state index in [1.807, 2.05) is 12.3 Å². The Morgan fingerprint density at radius 3 is 2.78 bits per heavy atom. The first-order valence-corrected chi connectivity index (χ1v) is 6.96. The second kappa shape index (κ2) is 4.76. The molecule has 1 aliphatic heterocycles. The Balaban J connectivity index is 1.69. The fourth-order valence-corrected chi connectivity index (χ4v) is 3.14. The number of nitrogen functional groups attached to an aromatic ring is 1. The quantitative estimate of drug-likeness (QED) is 0.863. The summed E-state index contributed by atoms with van der Waals surface area (Å²) in [6.07, 6.45) is 7.77. The van der Waals surface area contributed by atoms with Crippen LogP contribution in [0.1, 0.15) is 26.2 Å². The van der Waals surface area contributed by atoms with E-state index in [0.29, 0.717) is 6.04 Å². The van der Waals surface area contributed by atoms with E-state index in [1.165, 1.54) is 19.3 Å². The van der Waals surface area contributed by atoms with Gasteiger partial charge in [-0.3, -0.25) is 9.88 Å². The third kappa shape index (κ3) is 2.05. The number of pyridine rings is 1. The predicted octanol–water partition coefficient (Wildman–Crippen LogP) is 1.73. The summed E-state index contributed by atoms with van der Waals surface area (Å²) in [6.45, 7) is 5.65. The van der Waals surface area contributed by atoms with Crippen molar-refractivity contribution in [2.45, 2.75) is 38.3 Å². The Bertz CT molecular complexity index is 416. The van der Waals surface area contributed by atoms with Gasteiger partial charge in [-0.1, -0.05) is 6.42 Å². The molecule has 0 amide bonds. The molecular formula is C14H22N4. The lowest BCUT2D eigenvalue weighted by Gasteiger charge is -2.47. The molecule has 1 aromatic rings. The van der Waals surface area contributed by atoms with Crippen molar-refractivity contribution < 1.29 is 0 Å². The van der Waals surface area contributed by atoms with Crippen LogP contribution < -0.4 is 10.6 Å². The van der Waals surface area contributed by atoms with Gasteiger partial charge < -0.3 is 10.6 Å². The van der Waals surface area contributed by atoms with E-state index in [-0.39, 0.29) is 0 Å². The topological polar surface area (TPSA) is 45.4 Å². The highest BCUT2D eigenvalue weighted by Gasteiger charge is 2.32. The second-order valence-corrected chi connectivity index (χ2v) is 5.55. The van der Waals surface area contributed by atoms with E-state index in [4.69, 9.17) is 5.73 Å². The van der Waals surface area contributed by atoms with Crippen molar-refractivity contribution in [3.8, 4) is 0 Å². The fraction of sp³-hybridized carbons (Fsp3) is 0.643. The molecule has 18 heavy (non-hydrogen) atoms. The minimum Gasteiger partial charge on any atom is -0.396 e. The summed E-state index contributed by atoms with van der Waals surface area (Å²) in [5.74, 6) is 0. The number of rotatable bonds is 2. The summed E-state index contributed by atoms with van der Waals surface area (Å²) in [6, 6.07) is 3.50. The van der Waals surface area contributed by atoms with Crippen LogP contribution in [0.2, 0.25) is 0 Å². The van der Waals surface area contributed by atoms with Gasteiger partial charge in [0.05, 0.1) is 17.6 Å². The van der Waals surface area contributed by atoms with Gasteiger partial charge in [0, 0.05) is 37.9 Å². The molecule has 2 fully saturated rings. The highest BCUT2D eigenvalue weighted by atomic mass is 15.3. The number of hydrogen-bond acceptors (Lipinski definition) is 4. The fourth-order valence-electron chi connectivity index (χ4n) is 3.14. The minimum absolute atomic E-state index is 0.622. The maximum absolute atomic E-state index is 6.01. The number of piperazine rings is 1. The lowest BCUT2D eigenvalue weighted by atomic mass is 9.89. The first-order valence-electron chi connectivity index (χ1n) is 6.96. The molecule has 4 heteroatoms. The Labute approximate surface area is 109 Å². The smallest absolute Gasteiger partial charge is 0.0738 e. The molecule has 2 N–H and O–H groups in total. The third-order valence-corrected chi connectivity index (χ3v) is 4.39. The third-order valence-electron chi connectivity index (χ3n) is 4.39. The lowest BCUT2D eigenvalue weighted by Crippen LogP contribution is -2.57. The molecule has 2 aliphatic rings. The molecule has 0 spiro atoms. The second-order valence-electron chi connectivity index (χ2n) is 5.55. The van der Waals surface area contributed by atoms with Gasteiger partial charge >= 0.3 is 0 Å². The van der Waals surface area contributed by atoms with Crippen LogP contribution in [0.25, 0.3) is 0 Å². The molecule has 0 aromatic carbocycles. The van der Waals surface area contributed by atoms with Crippen LogP contribution in [0.15, 0.2) is 18.5 Å². The van der Waals surface area contributed by atoms with Gasteiger partial charge in [0.1, 0.15) is 0 Å². The van der Waals surface area contributed by atoms with Gasteiger partial charge in [-0.2, -0.15) is 0 Å². The normalized spacial score (nSPS) is 26.1. The van der Waals surface area contributed by atoms with Gasteiger partial charge in [0.15, 0.2) is 0 Å². The lowest BCUT2D eigenvalue weighted by molar-refractivity contribution is 0.0775. The molecule has 1 saturated heterocycles. The molecular weight excluding hydrogens is 224 g/mol. The van der Waals surface area contributed by atoms with E-state index in [2.05, 4.69) is 21.7 Å². The first-order chi connectivity index (χ1) is 8.75. The number of hydrogen-bond donors (Lipinski definition) is 1. The van der Waals surface area contributed by atoms with Crippen LogP contribution in [0, 0.1) is 0 Å². The zero-order chi connectivity index (χ0) is 12.5. The van der Waals surface area contributed by atoms with E-state index < -0.39 is 0 Å². The van der Waals surface area contributed by atoms with Crippen LogP contribution in [0.4, 0.5) is 11.4 Å². The molecule has 1 atom stereocenters. The van der Waals surface area contributed by atoms with E-state index in [9.17, 15) is 0 Å². The first kappa shape index (κ1) is 11.8. The van der Waals surface area contributed by atoms with Crippen molar-refractivity contribution in [3.63, 3.8) is 0 Å². The molecule has 1 unspecified atom stereocenters. The summed E-state index contributed by atoms with van der Waals surface area (Å²) in [4.78, 5) is 9.14. The molecule has 4 nitrogen and oxygen atoms in total. The van der Waals surface area contributed by atoms with E-state index in [0.717, 1.165) is 37.1 Å². The van der Waals surface area contributed by atoms with Gasteiger partial charge in [-0.25, -0.2) is 0 Å². The molecule has 3 rings (SSSR count). The molecule has 1 aromatic heterocycles. The van der Waals surface area contributed by atoms with Gasteiger partial charge in [0.25, 0.3) is 0 Å². The standard InChI is InChI=1S/C14H22N4/c1-11-10-17(14-5-6-16-9-13(14)15)7-8-18(11)12-3-2-4-12/h5-6,9,11-12H,2-4,7-8,10,15H2,1H3. The highest BCUT2D eigenvalue weighted by molar-refractivity contribution is 5.66. The summed E-state index contributed by atoms with van der Waals surface area (Å²) >= 11 is 0. The predicted molar refractivity (Wildman–Crippen MR) is 74.7 cm³/mol. The number of anilines is 2. The average molecular weight is 246 g/mol. The summed E-state index contributed by atoms with van der Waals surface area (Å²) in [5.41, 5.74) is 7.95. The van der Waals surface area contributed by atoms with Crippen LogP contribution in [0.5, 0.6) is 0 Å². The average Bonchev–Trinajstić information content (AvgIpc) is 2.30. The molecule has 0 radical (unpaired) electrons. The summed E-state index contributed by atoms with van der Waals surface area (Å²) < 4.78 is 0. The molecule has 98 valence electrons. The summed E-state index contributed by atoms with van der Waals surface area (Å²) in [7, 11) is 0. The van der Waals surface area contributed by atoms with Gasteiger partial charge in [0.2, 0.25) is 0 Å². The highest BCUT2D eigenvalue weighted by Crippen LogP contribution is 2.30. The van der Waals surface area contributed by atoms with E-state index >= 15 is 0 Å². The van der Waals surface area contributed by atoms with Crippen LogP contribution in [0.3, 0.4) is 0 Å². The molecule has 1 saturated carbocycles. The summed E-state index contributed by atoms with van der Waals surface area (Å²) in [5, 5.41) is 0. The Morgan fingerprint density at radius 1 is 1.33 bits per heavy atom. The maximum Gasteiger partial charge on any atom is 0.0738 e. The maximum atomic E-state index is 6.01. The van der Waals surface area contributed by atoms with Crippen molar-refractivity contribution in [1.29, 1.82) is 0 Å².